The fourth-order valence-electron chi connectivity index (χ4n) is 4.23. The Kier molecular flexibility index (Phi) is 8.31. The van der Waals surface area contributed by atoms with E-state index in [0.29, 0.717) is 46.0 Å². The van der Waals surface area contributed by atoms with Crippen molar-refractivity contribution in [1.82, 2.24) is 4.90 Å². The summed E-state index contributed by atoms with van der Waals surface area (Å²) in [5, 5.41) is 3.79. The van der Waals surface area contributed by atoms with E-state index >= 15 is 0 Å². The number of hydrogen-bond donors (Lipinski definition) is 1. The lowest BCUT2D eigenvalue weighted by molar-refractivity contribution is -0.124. The zero-order valence-corrected chi connectivity index (χ0v) is 22.4. The number of rotatable bonds is 9. The molecule has 0 spiro atoms. The number of nitrogens with zero attached hydrogens (tertiary/aromatic N) is 2. The molecule has 1 N–H and O–H groups in total. The van der Waals surface area contributed by atoms with Crippen LogP contribution in [0.2, 0.25) is 5.02 Å². The molecule has 2 amide bonds. The number of anilines is 2. The quantitative estimate of drug-likeness (QED) is 0.376. The van der Waals surface area contributed by atoms with Gasteiger partial charge in [0.15, 0.2) is 16.6 Å². The van der Waals surface area contributed by atoms with Gasteiger partial charge in [-0.3, -0.25) is 14.5 Å². The van der Waals surface area contributed by atoms with Gasteiger partial charge in [0.1, 0.15) is 6.04 Å². The Morgan fingerprint density at radius 3 is 2.32 bits per heavy atom. The van der Waals surface area contributed by atoms with E-state index < -0.39 is 6.04 Å². The van der Waals surface area contributed by atoms with Gasteiger partial charge in [0.2, 0.25) is 5.91 Å². The highest BCUT2D eigenvalue weighted by Crippen LogP contribution is 2.30. The Morgan fingerprint density at radius 2 is 1.68 bits per heavy atom. The summed E-state index contributed by atoms with van der Waals surface area (Å²) in [5.74, 6) is 0.743. The van der Waals surface area contributed by atoms with Gasteiger partial charge in [0.05, 0.1) is 26.3 Å². The summed E-state index contributed by atoms with van der Waals surface area (Å²) in [6, 6.07) is 19.4. The fourth-order valence-corrected chi connectivity index (χ4v) is 4.77. The van der Waals surface area contributed by atoms with Crippen LogP contribution in [0.3, 0.4) is 0 Å². The Bertz CT molecular complexity index is 1300. The van der Waals surface area contributed by atoms with Crippen LogP contribution in [-0.4, -0.2) is 48.6 Å². The highest BCUT2D eigenvalue weighted by molar-refractivity contribution is 7.80. The predicted molar refractivity (Wildman–Crippen MR) is 150 cm³/mol. The van der Waals surface area contributed by atoms with Gasteiger partial charge in [0, 0.05) is 17.3 Å². The molecule has 1 heterocycles. The van der Waals surface area contributed by atoms with Crippen molar-refractivity contribution in [3.8, 4) is 11.5 Å². The molecule has 1 aliphatic rings. The summed E-state index contributed by atoms with van der Waals surface area (Å²) in [6.07, 6.45) is 0.543. The summed E-state index contributed by atoms with van der Waals surface area (Å²) >= 11 is 11.8. The van der Waals surface area contributed by atoms with Crippen LogP contribution in [-0.2, 0) is 16.0 Å². The number of carbonyl (C=O) groups excluding carboxylic acids is 2. The Labute approximate surface area is 226 Å². The molecule has 9 heteroatoms. The van der Waals surface area contributed by atoms with Crippen LogP contribution in [0.5, 0.6) is 11.5 Å². The van der Waals surface area contributed by atoms with Crippen LogP contribution in [0, 0.1) is 6.92 Å². The molecule has 192 valence electrons. The first kappa shape index (κ1) is 26.4. The van der Waals surface area contributed by atoms with Crippen molar-refractivity contribution in [2.75, 3.05) is 31.0 Å². The maximum Gasteiger partial charge on any atom is 0.256 e. The van der Waals surface area contributed by atoms with Crippen molar-refractivity contribution in [1.29, 1.82) is 0 Å². The molecule has 1 aliphatic heterocycles. The average molecular weight is 538 g/mol. The van der Waals surface area contributed by atoms with Crippen molar-refractivity contribution in [2.45, 2.75) is 25.8 Å². The van der Waals surface area contributed by atoms with Crippen molar-refractivity contribution in [3.63, 3.8) is 0 Å². The third kappa shape index (κ3) is 6.03. The molecule has 0 aliphatic carbocycles. The average Bonchev–Trinajstić information content (AvgIpc) is 3.12. The number of carbonyl (C=O) groups is 2. The van der Waals surface area contributed by atoms with E-state index in [1.165, 1.54) is 4.90 Å². The maximum atomic E-state index is 13.6. The Balaban J connectivity index is 1.56. The minimum atomic E-state index is -0.742. The van der Waals surface area contributed by atoms with Crippen molar-refractivity contribution < 1.29 is 19.1 Å². The highest BCUT2D eigenvalue weighted by atomic mass is 35.5. The second-order valence-corrected chi connectivity index (χ2v) is 9.50. The zero-order valence-electron chi connectivity index (χ0n) is 20.9. The van der Waals surface area contributed by atoms with Crippen molar-refractivity contribution >= 4 is 52.1 Å². The fraction of sp³-hybridized carbons (Fsp3) is 0.250. The molecule has 3 aromatic carbocycles. The molecule has 0 bridgehead atoms. The second kappa shape index (κ2) is 11.6. The lowest BCUT2D eigenvalue weighted by Crippen LogP contribution is -2.39. The van der Waals surface area contributed by atoms with Crippen LogP contribution in [0.25, 0.3) is 0 Å². The van der Waals surface area contributed by atoms with Gasteiger partial charge in [-0.1, -0.05) is 35.4 Å². The van der Waals surface area contributed by atoms with E-state index in [-0.39, 0.29) is 18.2 Å². The van der Waals surface area contributed by atoms with Gasteiger partial charge in [-0.2, -0.15) is 0 Å². The second-order valence-electron chi connectivity index (χ2n) is 8.70. The molecule has 3 aromatic rings. The summed E-state index contributed by atoms with van der Waals surface area (Å²) in [6.45, 7) is 2.41. The van der Waals surface area contributed by atoms with Gasteiger partial charge in [0.25, 0.3) is 5.91 Å². The number of benzene rings is 3. The first-order valence-corrected chi connectivity index (χ1v) is 12.6. The summed E-state index contributed by atoms with van der Waals surface area (Å²) in [7, 11) is 3.17. The van der Waals surface area contributed by atoms with E-state index in [1.807, 2.05) is 54.3 Å². The Morgan fingerprint density at radius 1 is 1.00 bits per heavy atom. The smallest absolute Gasteiger partial charge is 0.256 e. The molecular formula is C28H28ClN3O4S. The predicted octanol–water partition coefficient (Wildman–Crippen LogP) is 5.24. The number of methoxy groups -OCH3 is 2. The standard InChI is InChI=1S/C28H28ClN3O4S/c1-18-4-9-21(10-5-18)30-26(33)17-23-27(34)32(22-11-7-20(29)8-12-22)28(37)31(23)15-14-19-6-13-24(35-2)25(16-19)36-3/h4-13,16,23H,14-15,17H2,1-3H3,(H,30,33). The molecule has 0 saturated carbocycles. The van der Waals surface area contributed by atoms with Gasteiger partial charge >= 0.3 is 0 Å². The van der Waals surface area contributed by atoms with Crippen LogP contribution >= 0.6 is 23.8 Å². The van der Waals surface area contributed by atoms with E-state index in [2.05, 4.69) is 5.32 Å². The number of ether oxygens (including phenoxy) is 2. The normalized spacial score (nSPS) is 15.2. The SMILES string of the molecule is COc1ccc(CCN2C(=S)N(c3ccc(Cl)cc3)C(=O)C2CC(=O)Nc2ccc(C)cc2)cc1OC. The van der Waals surface area contributed by atoms with E-state index in [1.54, 1.807) is 38.5 Å². The largest absolute Gasteiger partial charge is 0.493 e. The van der Waals surface area contributed by atoms with Crippen LogP contribution < -0.4 is 19.7 Å². The highest BCUT2D eigenvalue weighted by Gasteiger charge is 2.43. The molecule has 7 nitrogen and oxygen atoms in total. The monoisotopic (exact) mass is 537 g/mol. The number of amides is 2. The molecule has 0 radical (unpaired) electrons. The summed E-state index contributed by atoms with van der Waals surface area (Å²) < 4.78 is 10.7. The molecular weight excluding hydrogens is 510 g/mol. The van der Waals surface area contributed by atoms with Gasteiger partial charge < -0.3 is 19.7 Å². The topological polar surface area (TPSA) is 71.1 Å². The lowest BCUT2D eigenvalue weighted by atomic mass is 10.1. The van der Waals surface area contributed by atoms with Crippen LogP contribution in [0.1, 0.15) is 17.5 Å². The summed E-state index contributed by atoms with van der Waals surface area (Å²) in [4.78, 5) is 29.8. The van der Waals surface area contributed by atoms with Crippen molar-refractivity contribution in [3.05, 3.63) is 82.9 Å². The summed E-state index contributed by atoms with van der Waals surface area (Å²) in [5.41, 5.74) is 3.36. The molecule has 1 saturated heterocycles. The maximum absolute atomic E-state index is 13.6. The molecule has 37 heavy (non-hydrogen) atoms. The lowest BCUT2D eigenvalue weighted by Gasteiger charge is -2.24. The van der Waals surface area contributed by atoms with Gasteiger partial charge in [-0.05, 0) is 79.7 Å². The zero-order chi connectivity index (χ0) is 26.5. The minimum absolute atomic E-state index is 0.0388. The van der Waals surface area contributed by atoms with E-state index in [9.17, 15) is 9.59 Å². The van der Waals surface area contributed by atoms with Gasteiger partial charge in [-0.25, -0.2) is 0 Å². The van der Waals surface area contributed by atoms with Gasteiger partial charge in [-0.15, -0.1) is 0 Å². The first-order valence-electron chi connectivity index (χ1n) is 11.8. The molecule has 1 atom stereocenters. The third-order valence-corrected chi connectivity index (χ3v) is 6.88. The molecule has 1 fully saturated rings. The number of hydrogen-bond acceptors (Lipinski definition) is 5. The van der Waals surface area contributed by atoms with Crippen LogP contribution in [0.4, 0.5) is 11.4 Å². The van der Waals surface area contributed by atoms with E-state index in [4.69, 9.17) is 33.3 Å². The molecule has 4 rings (SSSR count). The number of thiocarbonyl (C=S) groups is 1. The van der Waals surface area contributed by atoms with Crippen LogP contribution in [0.15, 0.2) is 66.7 Å². The van der Waals surface area contributed by atoms with Crippen molar-refractivity contribution in [2.24, 2.45) is 0 Å². The number of nitrogens with one attached hydrogen (secondary N) is 1. The van der Waals surface area contributed by atoms with E-state index in [0.717, 1.165) is 11.1 Å². The molecule has 0 aromatic heterocycles. The first-order chi connectivity index (χ1) is 17.8. The number of aryl methyl sites for hydroxylation is 1. The molecule has 1 unspecified atom stereocenters. The number of halogens is 1. The minimum Gasteiger partial charge on any atom is -0.493 e. The third-order valence-electron chi connectivity index (χ3n) is 6.21. The Hall–Kier alpha value is -3.62.